The van der Waals surface area contributed by atoms with Crippen molar-refractivity contribution in [3.63, 3.8) is 0 Å². The van der Waals surface area contributed by atoms with Gasteiger partial charge in [0.15, 0.2) is 5.75 Å². The second-order valence-corrected chi connectivity index (χ2v) is 9.79. The first kappa shape index (κ1) is 24.6. The smallest absolute Gasteiger partial charge is 0.265 e. The van der Waals surface area contributed by atoms with Crippen LogP contribution in [0.15, 0.2) is 71.6 Å². The number of carbonyl (C=O) groups is 2. The van der Waals surface area contributed by atoms with Crippen molar-refractivity contribution in [2.45, 2.75) is 18.7 Å². The minimum absolute atomic E-state index is 0.00128. The van der Waals surface area contributed by atoms with Crippen LogP contribution in [0.1, 0.15) is 24.2 Å². The number of rotatable bonds is 7. The molecule has 2 amide bonds. The van der Waals surface area contributed by atoms with E-state index < -0.39 is 15.9 Å². The van der Waals surface area contributed by atoms with E-state index in [0.29, 0.717) is 11.4 Å². The standard InChI is InChI=1S/C23H20Cl2N2O5S/c1-14(2)22(28)26-16-7-6-8-17(13-16)32-21-19(24)11-15(12-20(21)25)23(29)27-33(30,31)18-9-4-3-5-10-18/h3-14H,1-2H3,(H,26,28)(H,27,29). The van der Waals surface area contributed by atoms with E-state index in [9.17, 15) is 18.0 Å². The molecule has 0 aliphatic rings. The Morgan fingerprint density at radius 2 is 1.55 bits per heavy atom. The molecule has 33 heavy (non-hydrogen) atoms. The lowest BCUT2D eigenvalue weighted by Crippen LogP contribution is -2.30. The third kappa shape index (κ3) is 6.25. The lowest BCUT2D eigenvalue weighted by Gasteiger charge is -2.13. The summed E-state index contributed by atoms with van der Waals surface area (Å²) in [7, 11) is -4.06. The molecule has 0 heterocycles. The van der Waals surface area contributed by atoms with Gasteiger partial charge in [0.05, 0.1) is 14.9 Å². The van der Waals surface area contributed by atoms with E-state index in [0.717, 1.165) is 0 Å². The molecule has 3 rings (SSSR count). The molecule has 0 aromatic heterocycles. The predicted octanol–water partition coefficient (Wildman–Crippen LogP) is 5.50. The maximum Gasteiger partial charge on any atom is 0.265 e. The van der Waals surface area contributed by atoms with Crippen LogP contribution in [-0.2, 0) is 14.8 Å². The van der Waals surface area contributed by atoms with Gasteiger partial charge in [0.25, 0.3) is 15.9 Å². The van der Waals surface area contributed by atoms with Gasteiger partial charge in [0, 0.05) is 23.2 Å². The van der Waals surface area contributed by atoms with E-state index in [1.54, 1.807) is 56.3 Å². The fourth-order valence-corrected chi connectivity index (χ4v) is 4.23. The maximum absolute atomic E-state index is 12.5. The minimum atomic E-state index is -4.06. The number of carbonyl (C=O) groups excluding carboxylic acids is 2. The van der Waals surface area contributed by atoms with E-state index in [-0.39, 0.29) is 38.1 Å². The van der Waals surface area contributed by atoms with E-state index in [2.05, 4.69) is 5.32 Å². The van der Waals surface area contributed by atoms with Crippen molar-refractivity contribution in [3.8, 4) is 11.5 Å². The molecule has 3 aromatic rings. The van der Waals surface area contributed by atoms with Gasteiger partial charge in [-0.3, -0.25) is 9.59 Å². The molecule has 3 aromatic carbocycles. The molecule has 0 radical (unpaired) electrons. The van der Waals surface area contributed by atoms with Gasteiger partial charge in [-0.15, -0.1) is 0 Å². The zero-order valence-electron chi connectivity index (χ0n) is 17.6. The molecule has 0 fully saturated rings. The molecule has 10 heteroatoms. The van der Waals surface area contributed by atoms with Crippen LogP contribution in [0.2, 0.25) is 10.0 Å². The molecule has 2 N–H and O–H groups in total. The van der Waals surface area contributed by atoms with E-state index >= 15 is 0 Å². The second-order valence-electron chi connectivity index (χ2n) is 7.29. The quantitative estimate of drug-likeness (QED) is 0.440. The highest BCUT2D eigenvalue weighted by Crippen LogP contribution is 2.38. The number of amides is 2. The van der Waals surface area contributed by atoms with Gasteiger partial charge < -0.3 is 10.1 Å². The van der Waals surface area contributed by atoms with Crippen LogP contribution < -0.4 is 14.8 Å². The normalized spacial score (nSPS) is 11.2. The third-order valence-electron chi connectivity index (χ3n) is 4.39. The first-order chi connectivity index (χ1) is 15.6. The van der Waals surface area contributed by atoms with Gasteiger partial charge in [-0.1, -0.05) is 61.3 Å². The molecule has 0 unspecified atom stereocenters. The van der Waals surface area contributed by atoms with Crippen molar-refractivity contribution in [2.75, 3.05) is 5.32 Å². The zero-order valence-corrected chi connectivity index (χ0v) is 20.0. The van der Waals surface area contributed by atoms with Crippen LogP contribution in [0.4, 0.5) is 5.69 Å². The summed E-state index contributed by atoms with van der Waals surface area (Å²) >= 11 is 12.5. The topological polar surface area (TPSA) is 102 Å². The van der Waals surface area contributed by atoms with Gasteiger partial charge in [-0.05, 0) is 36.4 Å². The lowest BCUT2D eigenvalue weighted by atomic mass is 10.2. The van der Waals surface area contributed by atoms with Gasteiger partial charge in [0.1, 0.15) is 5.75 Å². The minimum Gasteiger partial charge on any atom is -0.454 e. The average Bonchev–Trinajstić information content (AvgIpc) is 2.76. The highest BCUT2D eigenvalue weighted by molar-refractivity contribution is 7.90. The van der Waals surface area contributed by atoms with Gasteiger partial charge in [0.2, 0.25) is 5.91 Å². The second kappa shape index (κ2) is 10.2. The summed E-state index contributed by atoms with van der Waals surface area (Å²) in [5, 5.41) is 2.76. The summed E-state index contributed by atoms with van der Waals surface area (Å²) in [6.07, 6.45) is 0. The number of hydrogen-bond acceptors (Lipinski definition) is 5. The molecule has 7 nitrogen and oxygen atoms in total. The Morgan fingerprint density at radius 3 is 2.15 bits per heavy atom. The highest BCUT2D eigenvalue weighted by atomic mass is 35.5. The van der Waals surface area contributed by atoms with Crippen molar-refractivity contribution in [1.29, 1.82) is 0 Å². The number of ether oxygens (including phenoxy) is 1. The first-order valence-electron chi connectivity index (χ1n) is 9.77. The molecule has 0 atom stereocenters. The molecule has 0 aliphatic heterocycles. The van der Waals surface area contributed by atoms with Crippen LogP contribution in [0.5, 0.6) is 11.5 Å². The molecule has 0 spiro atoms. The van der Waals surface area contributed by atoms with Crippen molar-refractivity contribution in [2.24, 2.45) is 5.92 Å². The van der Waals surface area contributed by atoms with Gasteiger partial charge in [-0.2, -0.15) is 0 Å². The van der Waals surface area contributed by atoms with Gasteiger partial charge in [-0.25, -0.2) is 13.1 Å². The molecule has 0 saturated carbocycles. The number of anilines is 1. The van der Waals surface area contributed by atoms with Crippen LogP contribution in [0, 0.1) is 5.92 Å². The Morgan fingerprint density at radius 1 is 0.909 bits per heavy atom. The zero-order chi connectivity index (χ0) is 24.2. The largest absolute Gasteiger partial charge is 0.454 e. The van der Waals surface area contributed by atoms with Crippen molar-refractivity contribution in [1.82, 2.24) is 4.72 Å². The summed E-state index contributed by atoms with van der Waals surface area (Å²) in [5.41, 5.74) is 0.468. The molecule has 0 aliphatic carbocycles. The van der Waals surface area contributed by atoms with Crippen LogP contribution in [0.25, 0.3) is 0 Å². The van der Waals surface area contributed by atoms with Crippen molar-refractivity contribution < 1.29 is 22.7 Å². The van der Waals surface area contributed by atoms with Gasteiger partial charge >= 0.3 is 0 Å². The molecular formula is C23H20Cl2N2O5S. The first-order valence-corrected chi connectivity index (χ1v) is 12.0. The Hall–Kier alpha value is -3.07. The van der Waals surface area contributed by atoms with E-state index in [4.69, 9.17) is 27.9 Å². The number of sulfonamides is 1. The number of nitrogens with one attached hydrogen (secondary N) is 2. The monoisotopic (exact) mass is 506 g/mol. The molecule has 172 valence electrons. The Labute approximate surface area is 201 Å². The number of hydrogen-bond donors (Lipinski definition) is 2. The Balaban J connectivity index is 1.79. The summed E-state index contributed by atoms with van der Waals surface area (Å²) in [4.78, 5) is 24.4. The molecule has 0 saturated heterocycles. The third-order valence-corrected chi connectivity index (χ3v) is 6.30. The average molecular weight is 507 g/mol. The molecule has 0 bridgehead atoms. The highest BCUT2D eigenvalue weighted by Gasteiger charge is 2.21. The predicted molar refractivity (Wildman–Crippen MR) is 128 cm³/mol. The summed E-state index contributed by atoms with van der Waals surface area (Å²) < 4.78 is 32.5. The number of benzene rings is 3. The summed E-state index contributed by atoms with van der Waals surface area (Å²) in [5.74, 6) is -0.808. The SMILES string of the molecule is CC(C)C(=O)Nc1cccc(Oc2c(Cl)cc(C(=O)NS(=O)(=O)c3ccccc3)cc2Cl)c1. The summed E-state index contributed by atoms with van der Waals surface area (Å²) in [6.45, 7) is 3.55. The van der Waals surface area contributed by atoms with Crippen LogP contribution in [0.3, 0.4) is 0 Å². The molecular weight excluding hydrogens is 487 g/mol. The van der Waals surface area contributed by atoms with Crippen LogP contribution >= 0.6 is 23.2 Å². The van der Waals surface area contributed by atoms with Crippen LogP contribution in [-0.4, -0.2) is 20.2 Å². The van der Waals surface area contributed by atoms with Crippen molar-refractivity contribution >= 4 is 50.7 Å². The Kier molecular flexibility index (Phi) is 7.63. The van der Waals surface area contributed by atoms with Crippen molar-refractivity contribution in [3.05, 3.63) is 82.3 Å². The fraction of sp³-hybridized carbons (Fsp3) is 0.130. The summed E-state index contributed by atoms with van der Waals surface area (Å²) in [6, 6.07) is 16.6. The van der Waals surface area contributed by atoms with E-state index in [1.807, 2.05) is 4.72 Å². The fourth-order valence-electron chi connectivity index (χ4n) is 2.67. The lowest BCUT2D eigenvalue weighted by molar-refractivity contribution is -0.118. The van der Waals surface area contributed by atoms with E-state index in [1.165, 1.54) is 24.3 Å². The number of halogens is 2. The maximum atomic E-state index is 12.5. The Bertz CT molecular complexity index is 1270.